The molecule has 3 heterocycles. The molecule has 190 valence electrons. The fourth-order valence-corrected chi connectivity index (χ4v) is 7.37. The second kappa shape index (κ2) is 9.25. The van der Waals surface area contributed by atoms with E-state index in [4.69, 9.17) is 17.2 Å². The van der Waals surface area contributed by atoms with Gasteiger partial charge in [0.25, 0.3) is 0 Å². The van der Waals surface area contributed by atoms with Crippen molar-refractivity contribution in [2.24, 2.45) is 11.5 Å². The first kappa shape index (κ1) is 24.1. The Hall–Kier alpha value is -3.24. The first-order chi connectivity index (χ1) is 17.9. The third kappa shape index (κ3) is 3.85. The number of anilines is 1. The van der Waals surface area contributed by atoms with Gasteiger partial charge in [-0.25, -0.2) is 0 Å². The molecular formula is C28H30N6O2S. The number of piperidine rings is 1. The zero-order valence-corrected chi connectivity index (χ0v) is 21.1. The van der Waals surface area contributed by atoms with Crippen LogP contribution in [-0.4, -0.2) is 47.1 Å². The first-order valence-electron chi connectivity index (χ1n) is 12.6. The van der Waals surface area contributed by atoms with Crippen molar-refractivity contribution in [1.82, 2.24) is 15.6 Å². The van der Waals surface area contributed by atoms with Crippen molar-refractivity contribution in [3.05, 3.63) is 77.5 Å². The van der Waals surface area contributed by atoms with Gasteiger partial charge < -0.3 is 27.8 Å². The van der Waals surface area contributed by atoms with Crippen LogP contribution < -0.4 is 27.8 Å². The molecule has 2 aromatic carbocycles. The molecule has 2 aliphatic heterocycles. The van der Waals surface area contributed by atoms with Crippen molar-refractivity contribution in [3.63, 3.8) is 0 Å². The number of pyridine rings is 1. The highest BCUT2D eigenvalue weighted by atomic mass is 32.2. The molecule has 0 spiro atoms. The smallest absolute Gasteiger partial charge is 0.234 e. The Morgan fingerprint density at radius 2 is 1.97 bits per heavy atom. The molecule has 6 rings (SSSR count). The minimum Gasteiger partial charge on any atom is -0.398 e. The Kier molecular flexibility index (Phi) is 6.03. The Morgan fingerprint density at radius 3 is 2.73 bits per heavy atom. The number of rotatable bonds is 4. The summed E-state index contributed by atoms with van der Waals surface area (Å²) in [5, 5.41) is 5.93. The molecule has 8 nitrogen and oxygen atoms in total. The van der Waals surface area contributed by atoms with Crippen molar-refractivity contribution in [2.45, 2.75) is 46.5 Å². The van der Waals surface area contributed by atoms with Gasteiger partial charge in [-0.1, -0.05) is 36.4 Å². The van der Waals surface area contributed by atoms with Gasteiger partial charge in [0.2, 0.25) is 5.91 Å². The van der Waals surface area contributed by atoms with Gasteiger partial charge >= 0.3 is 0 Å². The van der Waals surface area contributed by atoms with E-state index in [0.717, 1.165) is 42.0 Å². The zero-order chi connectivity index (χ0) is 25.7. The van der Waals surface area contributed by atoms with E-state index >= 15 is 0 Å². The van der Waals surface area contributed by atoms with Crippen molar-refractivity contribution in [1.29, 1.82) is 0 Å². The van der Waals surface area contributed by atoms with Crippen LogP contribution in [0.15, 0.2) is 65.7 Å². The van der Waals surface area contributed by atoms with E-state index < -0.39 is 22.7 Å². The van der Waals surface area contributed by atoms with Crippen LogP contribution in [-0.2, 0) is 15.1 Å². The van der Waals surface area contributed by atoms with Gasteiger partial charge in [-0.2, -0.15) is 0 Å². The van der Waals surface area contributed by atoms with Crippen molar-refractivity contribution < 1.29 is 9.59 Å². The van der Waals surface area contributed by atoms with Gasteiger partial charge in [0.15, 0.2) is 5.78 Å². The maximum Gasteiger partial charge on any atom is 0.234 e. The summed E-state index contributed by atoms with van der Waals surface area (Å²) in [6.45, 7) is 1.69. The second-order valence-electron chi connectivity index (χ2n) is 10.1. The van der Waals surface area contributed by atoms with Crippen LogP contribution >= 0.6 is 11.8 Å². The highest BCUT2D eigenvalue weighted by molar-refractivity contribution is 8.01. The molecule has 5 unspecified atom stereocenters. The molecule has 1 amide bonds. The van der Waals surface area contributed by atoms with Crippen LogP contribution in [0.4, 0.5) is 5.69 Å². The van der Waals surface area contributed by atoms with E-state index in [2.05, 4.69) is 15.6 Å². The SMILES string of the molecule is Nc1ccc2c3c1SC(C(=O)NC1CCCNC1)C3C(N)C(=O)C2(N)c1ccnc(-c2ccccc2)c1. The normalized spacial score (nSPS) is 28.5. The Balaban J connectivity index is 1.42. The maximum absolute atomic E-state index is 14.0. The number of benzene rings is 2. The average molecular weight is 515 g/mol. The number of nitrogens with zero attached hydrogens (tertiary/aromatic N) is 1. The molecule has 3 aromatic rings. The minimum atomic E-state index is -1.49. The fourth-order valence-electron chi connectivity index (χ4n) is 5.92. The molecule has 0 saturated carbocycles. The van der Waals surface area contributed by atoms with E-state index in [9.17, 15) is 9.59 Å². The van der Waals surface area contributed by atoms with E-state index in [1.54, 1.807) is 18.3 Å². The van der Waals surface area contributed by atoms with Crippen LogP contribution in [0.25, 0.3) is 11.3 Å². The molecule has 3 aliphatic rings. The number of Topliss-reactive ketones (excluding diaryl/α,β-unsaturated/α-hetero) is 1. The number of carbonyl (C=O) groups excluding carboxylic acids is 2. The number of nitrogens with one attached hydrogen (secondary N) is 2. The highest BCUT2D eigenvalue weighted by Gasteiger charge is 2.56. The van der Waals surface area contributed by atoms with Crippen molar-refractivity contribution in [3.8, 4) is 11.3 Å². The van der Waals surface area contributed by atoms with Gasteiger partial charge in [0.05, 0.1) is 17.0 Å². The standard InChI is InChI=1S/C28H30N6O2S/c29-19-9-8-18-21-22(25(37-24(19)21)27(36)34-17-7-4-11-32-14-17)23(30)26(35)28(18,31)16-10-12-33-20(13-16)15-5-2-1-3-6-15/h1-3,5-6,8-10,12-13,17,22-23,25,32H,4,7,11,14,29-31H2,(H,34,36). The quantitative estimate of drug-likeness (QED) is 0.331. The number of nitrogen functional groups attached to an aromatic ring is 1. The summed E-state index contributed by atoms with van der Waals surface area (Å²) >= 11 is 1.39. The molecule has 1 saturated heterocycles. The number of aromatic nitrogens is 1. The summed E-state index contributed by atoms with van der Waals surface area (Å²) < 4.78 is 0. The number of hydrogen-bond acceptors (Lipinski definition) is 8. The van der Waals surface area contributed by atoms with Gasteiger partial charge in [0, 0.05) is 40.8 Å². The summed E-state index contributed by atoms with van der Waals surface area (Å²) in [6.07, 6.45) is 3.59. The maximum atomic E-state index is 14.0. The van der Waals surface area contributed by atoms with Gasteiger partial charge in [-0.05, 0) is 54.3 Å². The van der Waals surface area contributed by atoms with E-state index in [1.807, 2.05) is 42.5 Å². The number of carbonyl (C=O) groups is 2. The summed E-state index contributed by atoms with van der Waals surface area (Å²) in [5.41, 5.74) is 22.9. The summed E-state index contributed by atoms with van der Waals surface area (Å²) in [4.78, 5) is 32.8. The number of ketones is 1. The lowest BCUT2D eigenvalue weighted by Crippen LogP contribution is -2.60. The van der Waals surface area contributed by atoms with Gasteiger partial charge in [-0.3, -0.25) is 14.6 Å². The number of hydrogen-bond donors (Lipinski definition) is 5. The van der Waals surface area contributed by atoms with Crippen LogP contribution in [0, 0.1) is 0 Å². The van der Waals surface area contributed by atoms with E-state index in [0.29, 0.717) is 22.5 Å². The molecule has 8 N–H and O–H groups in total. The lowest BCUT2D eigenvalue weighted by molar-refractivity contribution is -0.126. The summed E-state index contributed by atoms with van der Waals surface area (Å²) in [7, 11) is 0. The summed E-state index contributed by atoms with van der Waals surface area (Å²) in [6, 6.07) is 16.0. The predicted octanol–water partition coefficient (Wildman–Crippen LogP) is 1.87. The first-order valence-corrected chi connectivity index (χ1v) is 13.5. The topological polar surface area (TPSA) is 149 Å². The van der Waals surface area contributed by atoms with E-state index in [-0.39, 0.29) is 17.7 Å². The van der Waals surface area contributed by atoms with Crippen molar-refractivity contribution in [2.75, 3.05) is 18.8 Å². The molecule has 0 bridgehead atoms. The molecule has 37 heavy (non-hydrogen) atoms. The number of nitrogens with two attached hydrogens (primary N) is 3. The molecule has 5 atom stereocenters. The molecule has 1 fully saturated rings. The monoisotopic (exact) mass is 514 g/mol. The lowest BCUT2D eigenvalue weighted by Gasteiger charge is -2.41. The Bertz CT molecular complexity index is 1380. The predicted molar refractivity (Wildman–Crippen MR) is 145 cm³/mol. The third-order valence-corrected chi connectivity index (χ3v) is 9.27. The third-order valence-electron chi connectivity index (χ3n) is 7.82. The Labute approximate surface area is 219 Å². The van der Waals surface area contributed by atoms with E-state index in [1.165, 1.54) is 11.8 Å². The largest absolute Gasteiger partial charge is 0.398 e. The number of thioether (sulfide) groups is 1. The van der Waals surface area contributed by atoms with Crippen LogP contribution in [0.2, 0.25) is 0 Å². The number of amides is 1. The fraction of sp³-hybridized carbons (Fsp3) is 0.321. The molecule has 1 aliphatic carbocycles. The molecule has 9 heteroatoms. The highest BCUT2D eigenvalue weighted by Crippen LogP contribution is 2.56. The Morgan fingerprint density at radius 1 is 1.16 bits per heavy atom. The molecule has 0 radical (unpaired) electrons. The van der Waals surface area contributed by atoms with Crippen LogP contribution in [0.1, 0.15) is 35.4 Å². The minimum absolute atomic E-state index is 0.0553. The lowest BCUT2D eigenvalue weighted by atomic mass is 9.65. The van der Waals surface area contributed by atoms with Gasteiger partial charge in [-0.15, -0.1) is 11.8 Å². The van der Waals surface area contributed by atoms with Crippen LogP contribution in [0.3, 0.4) is 0 Å². The van der Waals surface area contributed by atoms with Gasteiger partial charge in [0.1, 0.15) is 5.54 Å². The molecule has 1 aromatic heterocycles. The second-order valence-corrected chi connectivity index (χ2v) is 11.2. The average Bonchev–Trinajstić information content (AvgIpc) is 3.34. The zero-order valence-electron chi connectivity index (χ0n) is 20.3. The summed E-state index contributed by atoms with van der Waals surface area (Å²) in [5.74, 6) is -0.937. The van der Waals surface area contributed by atoms with Crippen LogP contribution in [0.5, 0.6) is 0 Å². The van der Waals surface area contributed by atoms with Crippen molar-refractivity contribution >= 4 is 29.1 Å². The molecular weight excluding hydrogens is 484 g/mol.